The molecule has 0 atom stereocenters. The van der Waals surface area contributed by atoms with E-state index in [0.29, 0.717) is 17.3 Å². The van der Waals surface area contributed by atoms with Gasteiger partial charge in [-0.05, 0) is 38.1 Å². The highest BCUT2D eigenvalue weighted by molar-refractivity contribution is 8.00. The SMILES string of the molecule is CC(C)(CO)c1cc(-c2nnc(C(C)(C)Sc3ccc(F)cc3)o2)on1. The van der Waals surface area contributed by atoms with Crippen molar-refractivity contribution in [2.45, 2.75) is 42.8 Å². The maximum absolute atomic E-state index is 13.1. The molecule has 0 radical (unpaired) electrons. The van der Waals surface area contributed by atoms with Gasteiger partial charge in [0.1, 0.15) is 5.82 Å². The van der Waals surface area contributed by atoms with Crippen molar-refractivity contribution in [1.29, 1.82) is 0 Å². The van der Waals surface area contributed by atoms with Crippen LogP contribution in [-0.2, 0) is 10.2 Å². The van der Waals surface area contributed by atoms with Crippen LogP contribution >= 0.6 is 11.8 Å². The van der Waals surface area contributed by atoms with E-state index in [-0.39, 0.29) is 18.3 Å². The van der Waals surface area contributed by atoms with Crippen molar-refractivity contribution in [2.24, 2.45) is 0 Å². The molecule has 3 aromatic rings. The average Bonchev–Trinajstić information content (AvgIpc) is 3.26. The molecule has 1 aromatic carbocycles. The first-order valence-corrected chi connectivity index (χ1v) is 8.90. The van der Waals surface area contributed by atoms with Crippen LogP contribution in [0, 0.1) is 5.82 Å². The van der Waals surface area contributed by atoms with Crippen LogP contribution in [0.3, 0.4) is 0 Å². The molecule has 8 heteroatoms. The van der Waals surface area contributed by atoms with Gasteiger partial charge in [0.05, 0.1) is 17.0 Å². The molecule has 1 N–H and O–H groups in total. The number of aliphatic hydroxyl groups is 1. The number of rotatable bonds is 6. The van der Waals surface area contributed by atoms with Gasteiger partial charge >= 0.3 is 0 Å². The fraction of sp³-hybridized carbons (Fsp3) is 0.389. The maximum Gasteiger partial charge on any atom is 0.286 e. The van der Waals surface area contributed by atoms with Crippen LogP contribution in [0.15, 0.2) is 44.2 Å². The minimum atomic E-state index is -0.525. The van der Waals surface area contributed by atoms with E-state index in [1.54, 1.807) is 18.2 Å². The predicted molar refractivity (Wildman–Crippen MR) is 95.2 cm³/mol. The van der Waals surface area contributed by atoms with Crippen LogP contribution in [0.1, 0.15) is 39.3 Å². The normalized spacial score (nSPS) is 12.5. The number of hydrogen-bond donors (Lipinski definition) is 1. The molecule has 2 heterocycles. The molecule has 0 aliphatic rings. The number of nitrogens with zero attached hydrogens (tertiary/aromatic N) is 3. The molecular weight excluding hydrogens is 357 g/mol. The van der Waals surface area contributed by atoms with Crippen molar-refractivity contribution in [1.82, 2.24) is 15.4 Å². The molecule has 3 rings (SSSR count). The summed E-state index contributed by atoms with van der Waals surface area (Å²) in [6, 6.07) is 7.93. The summed E-state index contributed by atoms with van der Waals surface area (Å²) in [7, 11) is 0. The number of aromatic nitrogens is 3. The molecule has 0 fully saturated rings. The van der Waals surface area contributed by atoms with Gasteiger partial charge < -0.3 is 14.0 Å². The van der Waals surface area contributed by atoms with E-state index in [1.807, 2.05) is 27.7 Å². The molecule has 26 heavy (non-hydrogen) atoms. The summed E-state index contributed by atoms with van der Waals surface area (Å²) < 4.78 is 23.6. The van der Waals surface area contributed by atoms with E-state index in [1.165, 1.54) is 23.9 Å². The highest BCUT2D eigenvalue weighted by atomic mass is 32.2. The Bertz CT molecular complexity index is 887. The first-order chi connectivity index (χ1) is 12.2. The van der Waals surface area contributed by atoms with E-state index >= 15 is 0 Å². The largest absolute Gasteiger partial charge is 0.417 e. The summed E-state index contributed by atoms with van der Waals surface area (Å²) in [4.78, 5) is 0.891. The van der Waals surface area contributed by atoms with E-state index in [4.69, 9.17) is 8.94 Å². The summed E-state index contributed by atoms with van der Waals surface area (Å²) in [5.41, 5.74) is 0.0807. The summed E-state index contributed by atoms with van der Waals surface area (Å²) >= 11 is 1.49. The summed E-state index contributed by atoms with van der Waals surface area (Å²) in [5, 5.41) is 21.6. The Morgan fingerprint density at radius 1 is 1.12 bits per heavy atom. The summed E-state index contributed by atoms with van der Waals surface area (Å²) in [5.74, 6) is 0.712. The Kier molecular flexibility index (Phi) is 4.90. The van der Waals surface area contributed by atoms with Gasteiger partial charge in [-0.3, -0.25) is 0 Å². The lowest BCUT2D eigenvalue weighted by molar-refractivity contribution is 0.210. The molecule has 0 saturated heterocycles. The quantitative estimate of drug-likeness (QED) is 0.646. The second kappa shape index (κ2) is 6.85. The number of halogens is 1. The summed E-state index contributed by atoms with van der Waals surface area (Å²) in [6.45, 7) is 7.54. The van der Waals surface area contributed by atoms with Gasteiger partial charge in [0.25, 0.3) is 5.89 Å². The zero-order valence-corrected chi connectivity index (χ0v) is 15.8. The van der Waals surface area contributed by atoms with Gasteiger partial charge in [-0.2, -0.15) is 0 Å². The Morgan fingerprint density at radius 2 is 1.81 bits per heavy atom. The smallest absolute Gasteiger partial charge is 0.286 e. The van der Waals surface area contributed by atoms with Crippen LogP contribution < -0.4 is 0 Å². The minimum Gasteiger partial charge on any atom is -0.417 e. The zero-order valence-electron chi connectivity index (χ0n) is 15.0. The van der Waals surface area contributed by atoms with Crippen molar-refractivity contribution >= 4 is 11.8 Å². The molecule has 0 aliphatic heterocycles. The van der Waals surface area contributed by atoms with Crippen molar-refractivity contribution in [2.75, 3.05) is 6.61 Å². The lowest BCUT2D eigenvalue weighted by Gasteiger charge is -2.19. The number of thioether (sulfide) groups is 1. The number of benzene rings is 1. The zero-order chi connectivity index (χ0) is 18.9. The van der Waals surface area contributed by atoms with Crippen LogP contribution in [0.25, 0.3) is 11.7 Å². The Balaban J connectivity index is 1.81. The second-order valence-corrected chi connectivity index (χ2v) is 8.79. The van der Waals surface area contributed by atoms with Gasteiger partial charge in [-0.25, -0.2) is 4.39 Å². The molecule has 0 aliphatic carbocycles. The Labute approximate surface area is 154 Å². The topological polar surface area (TPSA) is 85.2 Å². The van der Waals surface area contributed by atoms with Gasteiger partial charge in [0.15, 0.2) is 0 Å². The number of aliphatic hydroxyl groups excluding tert-OH is 1. The molecule has 0 bridgehead atoms. The van der Waals surface area contributed by atoms with Crippen molar-refractivity contribution in [3.05, 3.63) is 47.7 Å². The Hall–Kier alpha value is -2.19. The van der Waals surface area contributed by atoms with Crippen LogP contribution in [0.5, 0.6) is 0 Å². The monoisotopic (exact) mass is 377 g/mol. The molecule has 0 saturated carbocycles. The summed E-state index contributed by atoms with van der Waals surface area (Å²) in [6.07, 6.45) is 0. The van der Waals surface area contributed by atoms with Gasteiger partial charge in [0.2, 0.25) is 11.7 Å². The fourth-order valence-corrected chi connectivity index (χ4v) is 3.21. The van der Waals surface area contributed by atoms with Gasteiger partial charge in [0, 0.05) is 16.4 Å². The highest BCUT2D eigenvalue weighted by Crippen LogP contribution is 2.41. The minimum absolute atomic E-state index is 0.0601. The lowest BCUT2D eigenvalue weighted by Crippen LogP contribution is -2.22. The van der Waals surface area contributed by atoms with Crippen LogP contribution in [0.2, 0.25) is 0 Å². The first-order valence-electron chi connectivity index (χ1n) is 8.08. The molecule has 0 amide bonds. The Morgan fingerprint density at radius 3 is 2.46 bits per heavy atom. The molecular formula is C18H20FN3O3S. The van der Waals surface area contributed by atoms with E-state index in [0.717, 1.165) is 4.90 Å². The molecule has 2 aromatic heterocycles. The molecule has 0 spiro atoms. The standard InChI is InChI=1S/C18H20FN3O3S/c1-17(2,10-23)14-9-13(25-22-14)15-20-21-16(24-15)18(3,4)26-12-7-5-11(19)6-8-12/h5-9,23H,10H2,1-4H3. The third kappa shape index (κ3) is 3.81. The van der Waals surface area contributed by atoms with Crippen LogP contribution in [0.4, 0.5) is 4.39 Å². The second-order valence-electron chi connectivity index (χ2n) is 7.10. The molecule has 0 unspecified atom stereocenters. The average molecular weight is 377 g/mol. The van der Waals surface area contributed by atoms with E-state index in [9.17, 15) is 9.50 Å². The van der Waals surface area contributed by atoms with Crippen molar-refractivity contribution in [3.8, 4) is 11.7 Å². The van der Waals surface area contributed by atoms with E-state index in [2.05, 4.69) is 15.4 Å². The van der Waals surface area contributed by atoms with Crippen molar-refractivity contribution < 1.29 is 18.4 Å². The fourth-order valence-electron chi connectivity index (χ4n) is 2.18. The molecule has 138 valence electrons. The predicted octanol–water partition coefficient (Wildman–Crippen LogP) is 4.16. The van der Waals surface area contributed by atoms with Crippen molar-refractivity contribution in [3.63, 3.8) is 0 Å². The lowest BCUT2D eigenvalue weighted by atomic mass is 9.90. The highest BCUT2D eigenvalue weighted by Gasteiger charge is 2.31. The number of hydrogen-bond acceptors (Lipinski definition) is 7. The van der Waals surface area contributed by atoms with Gasteiger partial charge in [-0.1, -0.05) is 19.0 Å². The third-order valence-corrected chi connectivity index (χ3v) is 5.13. The van der Waals surface area contributed by atoms with Gasteiger partial charge in [-0.15, -0.1) is 22.0 Å². The first kappa shape index (κ1) is 18.6. The third-order valence-electron chi connectivity index (χ3n) is 3.94. The van der Waals surface area contributed by atoms with Crippen LogP contribution in [-0.4, -0.2) is 27.1 Å². The molecule has 6 nitrogen and oxygen atoms in total. The maximum atomic E-state index is 13.1. The van der Waals surface area contributed by atoms with E-state index < -0.39 is 10.2 Å².